The van der Waals surface area contributed by atoms with E-state index in [9.17, 15) is 4.79 Å². The van der Waals surface area contributed by atoms with E-state index in [2.05, 4.69) is 6.08 Å². The maximum atomic E-state index is 12.6. The van der Waals surface area contributed by atoms with E-state index in [1.54, 1.807) is 11.0 Å². The molecule has 1 fully saturated rings. The third kappa shape index (κ3) is 1.82. The van der Waals surface area contributed by atoms with E-state index in [1.165, 1.54) is 0 Å². The average Bonchev–Trinajstić information content (AvgIpc) is 2.70. The second kappa shape index (κ2) is 4.45. The Morgan fingerprint density at radius 2 is 2.29 bits per heavy atom. The number of carbonyl (C=O) groups is 1. The molecule has 104 valence electrons. The van der Waals surface area contributed by atoms with Gasteiger partial charge < -0.3 is 9.64 Å². The molecule has 2 aliphatic heterocycles. The average molecular weight is 299 g/mol. The zero-order valence-electron chi connectivity index (χ0n) is 11.5. The summed E-state index contributed by atoms with van der Waals surface area (Å²) < 4.78 is 6.03. The number of allylic oxidation sites excluding steroid dienone is 4. The molecule has 3 aliphatic rings. The first kappa shape index (κ1) is 12.6. The summed E-state index contributed by atoms with van der Waals surface area (Å²) >= 11 is 6.13. The lowest BCUT2D eigenvalue weighted by Crippen LogP contribution is -2.21. The van der Waals surface area contributed by atoms with Gasteiger partial charge in [0.1, 0.15) is 23.5 Å². The van der Waals surface area contributed by atoms with Gasteiger partial charge in [0, 0.05) is 30.3 Å². The number of fused-ring (bicyclic) bond motifs is 4. The molecule has 0 bridgehead atoms. The van der Waals surface area contributed by atoms with Crippen LogP contribution in [0.1, 0.15) is 11.5 Å². The number of hydrogen-bond acceptors (Lipinski definition) is 2. The lowest BCUT2D eigenvalue weighted by molar-refractivity contribution is -0.127. The van der Waals surface area contributed by atoms with E-state index >= 15 is 0 Å². The molecular weight excluding hydrogens is 286 g/mol. The molecule has 21 heavy (non-hydrogen) atoms. The molecule has 0 N–H and O–H groups in total. The van der Waals surface area contributed by atoms with Crippen LogP contribution in [0.4, 0.5) is 0 Å². The number of amides is 1. The zero-order chi connectivity index (χ0) is 14.6. The van der Waals surface area contributed by atoms with Crippen LogP contribution in [-0.4, -0.2) is 24.4 Å². The van der Waals surface area contributed by atoms with Crippen molar-refractivity contribution < 1.29 is 9.53 Å². The predicted octanol–water partition coefficient (Wildman–Crippen LogP) is 3.09. The van der Waals surface area contributed by atoms with Crippen molar-refractivity contribution in [3.63, 3.8) is 0 Å². The normalized spacial score (nSPS) is 25.8. The van der Waals surface area contributed by atoms with Gasteiger partial charge in [-0.1, -0.05) is 11.6 Å². The van der Waals surface area contributed by atoms with Gasteiger partial charge in [-0.25, -0.2) is 0 Å². The maximum Gasteiger partial charge on any atom is 0.242 e. The molecule has 0 saturated carbocycles. The minimum Gasteiger partial charge on any atom is -0.432 e. The molecule has 1 aromatic rings. The number of hydrogen-bond donors (Lipinski definition) is 0. The van der Waals surface area contributed by atoms with Crippen LogP contribution >= 0.6 is 11.6 Å². The van der Waals surface area contributed by atoms with Gasteiger partial charge in [0.05, 0.1) is 17.9 Å². The van der Waals surface area contributed by atoms with Crippen LogP contribution in [0, 0.1) is 12.0 Å². The summed E-state index contributed by atoms with van der Waals surface area (Å²) in [5, 5.41) is 0.621. The van der Waals surface area contributed by atoms with Crippen molar-refractivity contribution in [2.24, 2.45) is 5.92 Å². The first-order chi connectivity index (χ1) is 10.1. The SMILES string of the molecule is CN1C[C@H]2C3=C(C=C[C+]=C3)Oc3ccc(Cl)cc3[C@@H]2C1=O. The Kier molecular flexibility index (Phi) is 2.68. The summed E-state index contributed by atoms with van der Waals surface area (Å²) in [6.45, 7) is 0.684. The van der Waals surface area contributed by atoms with Crippen LogP contribution in [0.25, 0.3) is 0 Å². The van der Waals surface area contributed by atoms with Crippen molar-refractivity contribution >= 4 is 17.5 Å². The standard InChI is InChI=1S/C17H13ClNO2/c1-19-9-13-11-4-2-3-5-14(11)21-15-7-6-10(18)8-12(15)16(13)17(19)20/h3-8,13,16H,9H2,1H3/q+1/t13-,16-/m0/s1. The molecule has 4 rings (SSSR count). The lowest BCUT2D eigenvalue weighted by Gasteiger charge is -2.14. The van der Waals surface area contributed by atoms with E-state index < -0.39 is 0 Å². The first-order valence-electron chi connectivity index (χ1n) is 6.87. The Morgan fingerprint density at radius 1 is 1.43 bits per heavy atom. The molecular formula is C17H13ClNO2+. The van der Waals surface area contributed by atoms with E-state index in [0.29, 0.717) is 17.3 Å². The van der Waals surface area contributed by atoms with Gasteiger partial charge in [0.2, 0.25) is 11.7 Å². The van der Waals surface area contributed by atoms with Crippen molar-refractivity contribution in [2.75, 3.05) is 13.6 Å². The van der Waals surface area contributed by atoms with E-state index in [-0.39, 0.29) is 17.7 Å². The molecule has 0 radical (unpaired) electrons. The fraction of sp³-hybridized carbons (Fsp3) is 0.235. The smallest absolute Gasteiger partial charge is 0.242 e. The number of benzene rings is 1. The van der Waals surface area contributed by atoms with E-state index in [0.717, 1.165) is 16.9 Å². The largest absolute Gasteiger partial charge is 0.432 e. The highest BCUT2D eigenvalue weighted by atomic mass is 35.5. The van der Waals surface area contributed by atoms with Crippen molar-refractivity contribution in [1.82, 2.24) is 4.90 Å². The number of likely N-dealkylation sites (tertiary alicyclic amines) is 1. The number of carbonyl (C=O) groups excluding carboxylic acids is 1. The molecule has 0 spiro atoms. The highest BCUT2D eigenvalue weighted by molar-refractivity contribution is 6.30. The summed E-state index contributed by atoms with van der Waals surface area (Å²) in [7, 11) is 1.84. The molecule has 1 aliphatic carbocycles. The maximum absolute atomic E-state index is 12.6. The fourth-order valence-corrected chi connectivity index (χ4v) is 3.49. The highest BCUT2D eigenvalue weighted by Crippen LogP contribution is 2.46. The van der Waals surface area contributed by atoms with E-state index in [1.807, 2.05) is 37.4 Å². The zero-order valence-corrected chi connectivity index (χ0v) is 12.2. The van der Waals surface area contributed by atoms with Crippen molar-refractivity contribution in [1.29, 1.82) is 0 Å². The molecule has 4 heteroatoms. The van der Waals surface area contributed by atoms with Gasteiger partial charge in [0.25, 0.3) is 0 Å². The Labute approximate surface area is 128 Å². The minimum atomic E-state index is -0.235. The Bertz CT molecular complexity index is 732. The van der Waals surface area contributed by atoms with Crippen LogP contribution in [0.2, 0.25) is 5.02 Å². The highest BCUT2D eigenvalue weighted by Gasteiger charge is 2.48. The quantitative estimate of drug-likeness (QED) is 0.689. The summed E-state index contributed by atoms with van der Waals surface area (Å²) in [6.07, 6.45) is 8.75. The summed E-state index contributed by atoms with van der Waals surface area (Å²) in [6, 6.07) is 5.48. The Hall–Kier alpha value is -2.09. The Balaban J connectivity index is 1.96. The summed E-state index contributed by atoms with van der Waals surface area (Å²) in [5.74, 6) is 1.47. The minimum absolute atomic E-state index is 0.0784. The van der Waals surface area contributed by atoms with Gasteiger partial charge in [-0.2, -0.15) is 0 Å². The molecule has 0 aromatic heterocycles. The second-order valence-corrected chi connectivity index (χ2v) is 5.99. The summed E-state index contributed by atoms with van der Waals surface area (Å²) in [4.78, 5) is 14.4. The molecule has 1 aromatic carbocycles. The number of nitrogens with zero attached hydrogens (tertiary/aromatic N) is 1. The van der Waals surface area contributed by atoms with Crippen molar-refractivity contribution in [3.05, 3.63) is 64.4 Å². The first-order valence-corrected chi connectivity index (χ1v) is 7.25. The topological polar surface area (TPSA) is 29.5 Å². The number of rotatable bonds is 0. The third-order valence-corrected chi connectivity index (χ3v) is 4.53. The Morgan fingerprint density at radius 3 is 3.14 bits per heavy atom. The molecule has 3 nitrogen and oxygen atoms in total. The second-order valence-electron chi connectivity index (χ2n) is 5.55. The number of ether oxygens (including phenoxy) is 1. The van der Waals surface area contributed by atoms with Crippen LogP contribution in [0.15, 0.2) is 47.8 Å². The monoisotopic (exact) mass is 298 g/mol. The molecule has 0 unspecified atom stereocenters. The van der Waals surface area contributed by atoms with Gasteiger partial charge in [-0.05, 0) is 18.2 Å². The molecule has 1 saturated heterocycles. The van der Waals surface area contributed by atoms with Crippen molar-refractivity contribution in [3.8, 4) is 5.75 Å². The molecule has 1 amide bonds. The molecule has 2 heterocycles. The number of halogens is 1. The lowest BCUT2D eigenvalue weighted by atomic mass is 9.82. The van der Waals surface area contributed by atoms with Gasteiger partial charge in [0.15, 0.2) is 0 Å². The van der Waals surface area contributed by atoms with Gasteiger partial charge in [-0.15, -0.1) is 0 Å². The predicted molar refractivity (Wildman–Crippen MR) is 79.9 cm³/mol. The number of likely N-dealkylation sites (N-methyl/N-ethyl adjacent to an activating group) is 1. The third-order valence-electron chi connectivity index (χ3n) is 4.30. The van der Waals surface area contributed by atoms with Crippen molar-refractivity contribution in [2.45, 2.75) is 5.92 Å². The van der Waals surface area contributed by atoms with Crippen LogP contribution in [0.3, 0.4) is 0 Å². The van der Waals surface area contributed by atoms with E-state index in [4.69, 9.17) is 16.3 Å². The fourth-order valence-electron chi connectivity index (χ4n) is 3.31. The van der Waals surface area contributed by atoms with Crippen LogP contribution in [0.5, 0.6) is 5.75 Å². The van der Waals surface area contributed by atoms with Gasteiger partial charge in [-0.3, -0.25) is 4.79 Å². The van der Waals surface area contributed by atoms with Crippen LogP contribution in [-0.2, 0) is 4.79 Å². The molecule has 2 atom stereocenters. The summed E-state index contributed by atoms with van der Waals surface area (Å²) in [5.41, 5.74) is 1.91. The van der Waals surface area contributed by atoms with Crippen LogP contribution < -0.4 is 4.74 Å². The van der Waals surface area contributed by atoms with Gasteiger partial charge >= 0.3 is 0 Å².